The summed E-state index contributed by atoms with van der Waals surface area (Å²) in [5.41, 5.74) is 1.47. The van der Waals surface area contributed by atoms with Gasteiger partial charge in [0.25, 0.3) is 0 Å². The highest BCUT2D eigenvalue weighted by Gasteiger charge is 2.27. The van der Waals surface area contributed by atoms with Gasteiger partial charge in [-0.15, -0.1) is 0 Å². The number of hydrogen-bond acceptors (Lipinski definition) is 4. The van der Waals surface area contributed by atoms with Crippen molar-refractivity contribution >= 4 is 49.6 Å². The molecule has 31 heavy (non-hydrogen) atoms. The van der Waals surface area contributed by atoms with Crippen LogP contribution in [-0.4, -0.2) is 51.0 Å². The largest absolute Gasteiger partial charge is 0.444 e. The first-order valence-electron chi connectivity index (χ1n) is 10.2. The molecule has 1 aromatic heterocycles. The third kappa shape index (κ3) is 4.65. The Morgan fingerprint density at radius 1 is 1.00 bits per heavy atom. The molecule has 1 unspecified atom stereocenters. The molecule has 2 aromatic carbocycles. The Kier molecular flexibility index (Phi) is 6.12. The molecule has 4 rings (SSSR count). The summed E-state index contributed by atoms with van der Waals surface area (Å²) in [6, 6.07) is 15.5. The number of carbonyl (C=O) groups excluding carboxylic acids is 1. The molecule has 3 aromatic rings. The molecular formula is C23H26BrN3O3S. The van der Waals surface area contributed by atoms with Crippen LogP contribution in [0, 0.1) is 0 Å². The van der Waals surface area contributed by atoms with E-state index in [1.807, 2.05) is 69.4 Å². The maximum Gasteiger partial charge on any atom is 0.410 e. The number of ether oxygens (including phenoxy) is 1. The Balaban J connectivity index is 1.58. The minimum absolute atomic E-state index is 0.268. The molecule has 164 valence electrons. The minimum Gasteiger partial charge on any atom is -0.444 e. The average molecular weight is 504 g/mol. The highest BCUT2D eigenvalue weighted by Crippen LogP contribution is 2.36. The second-order valence-corrected chi connectivity index (χ2v) is 10.7. The number of rotatable bonds is 3. The van der Waals surface area contributed by atoms with E-state index < -0.39 is 16.6 Å². The van der Waals surface area contributed by atoms with Crippen LogP contribution < -0.4 is 4.90 Å². The van der Waals surface area contributed by atoms with Gasteiger partial charge in [0.1, 0.15) is 5.60 Å². The second-order valence-electron chi connectivity index (χ2n) is 8.49. The summed E-state index contributed by atoms with van der Waals surface area (Å²) in [5.74, 6) is 0. The van der Waals surface area contributed by atoms with Crippen LogP contribution in [0.1, 0.15) is 20.8 Å². The van der Waals surface area contributed by atoms with Gasteiger partial charge >= 0.3 is 6.09 Å². The quantitative estimate of drug-likeness (QED) is 0.502. The maximum absolute atomic E-state index is 13.2. The zero-order chi connectivity index (χ0) is 22.2. The first-order chi connectivity index (χ1) is 14.7. The molecule has 1 amide bonds. The highest BCUT2D eigenvalue weighted by molar-refractivity contribution is 9.10. The monoisotopic (exact) mass is 503 g/mol. The Labute approximate surface area is 193 Å². The standard InChI is InChI=1S/C23H26BrN3O3S/c1-23(2,3)30-22(28)26-14-12-25(13-15-26)19-10-7-11-20-21(19)18(24)16-27(20)31(29)17-8-5-4-6-9-17/h4-11,16H,12-15H2,1-3H3. The van der Waals surface area contributed by atoms with Crippen LogP contribution in [0.15, 0.2) is 64.1 Å². The van der Waals surface area contributed by atoms with E-state index in [4.69, 9.17) is 4.74 Å². The summed E-state index contributed by atoms with van der Waals surface area (Å²) in [6.07, 6.45) is 1.62. The number of piperazine rings is 1. The Morgan fingerprint density at radius 2 is 1.68 bits per heavy atom. The normalized spacial score (nSPS) is 15.9. The molecule has 0 N–H and O–H groups in total. The Hall–Kier alpha value is -2.32. The van der Waals surface area contributed by atoms with Gasteiger partial charge in [0.05, 0.1) is 10.4 Å². The van der Waals surface area contributed by atoms with Gasteiger partial charge in [0, 0.05) is 47.9 Å². The van der Waals surface area contributed by atoms with Gasteiger partial charge in [-0.05, 0) is 61.0 Å². The van der Waals surface area contributed by atoms with E-state index in [1.165, 1.54) is 0 Å². The van der Waals surface area contributed by atoms with Crippen molar-refractivity contribution in [1.82, 2.24) is 8.87 Å². The Bertz CT molecular complexity index is 1120. The van der Waals surface area contributed by atoms with E-state index in [0.717, 1.165) is 26.0 Å². The van der Waals surface area contributed by atoms with Crippen LogP contribution >= 0.6 is 15.9 Å². The lowest BCUT2D eigenvalue weighted by molar-refractivity contribution is 0.0240. The van der Waals surface area contributed by atoms with Crippen LogP contribution in [-0.2, 0) is 15.7 Å². The third-order valence-corrected chi connectivity index (χ3v) is 7.06. The van der Waals surface area contributed by atoms with Crippen molar-refractivity contribution in [3.05, 3.63) is 59.2 Å². The molecule has 8 heteroatoms. The number of nitrogens with zero attached hydrogens (tertiary/aromatic N) is 3. The molecule has 0 bridgehead atoms. The summed E-state index contributed by atoms with van der Waals surface area (Å²) in [5, 5.41) is 1.03. The molecule has 1 aliphatic heterocycles. The lowest BCUT2D eigenvalue weighted by Gasteiger charge is -2.37. The fraction of sp³-hybridized carbons (Fsp3) is 0.348. The molecule has 0 radical (unpaired) electrons. The molecule has 1 saturated heterocycles. The number of anilines is 1. The highest BCUT2D eigenvalue weighted by atomic mass is 79.9. The summed E-state index contributed by atoms with van der Waals surface area (Å²) < 4.78 is 21.4. The van der Waals surface area contributed by atoms with Crippen molar-refractivity contribution in [1.29, 1.82) is 0 Å². The number of fused-ring (bicyclic) bond motifs is 1. The predicted molar refractivity (Wildman–Crippen MR) is 128 cm³/mol. The number of aromatic nitrogens is 1. The molecule has 0 saturated carbocycles. The van der Waals surface area contributed by atoms with Gasteiger partial charge in [-0.25, -0.2) is 9.00 Å². The minimum atomic E-state index is -1.34. The van der Waals surface area contributed by atoms with Crippen molar-refractivity contribution < 1.29 is 13.7 Å². The molecular weight excluding hydrogens is 478 g/mol. The van der Waals surface area contributed by atoms with Gasteiger partial charge in [0.15, 0.2) is 11.0 Å². The van der Waals surface area contributed by atoms with E-state index in [0.29, 0.717) is 26.2 Å². The first kappa shape index (κ1) is 21.9. The number of halogens is 1. The van der Waals surface area contributed by atoms with E-state index in [2.05, 4.69) is 26.9 Å². The Morgan fingerprint density at radius 3 is 2.32 bits per heavy atom. The smallest absolute Gasteiger partial charge is 0.410 e. The fourth-order valence-corrected chi connectivity index (χ4v) is 5.60. The molecule has 2 heterocycles. The van der Waals surface area contributed by atoms with Crippen molar-refractivity contribution in [2.75, 3.05) is 31.1 Å². The van der Waals surface area contributed by atoms with Crippen LogP contribution in [0.3, 0.4) is 0 Å². The van der Waals surface area contributed by atoms with Crippen LogP contribution in [0.4, 0.5) is 10.5 Å². The van der Waals surface area contributed by atoms with Gasteiger partial charge in [-0.2, -0.15) is 0 Å². The molecule has 1 aliphatic rings. The van der Waals surface area contributed by atoms with Crippen molar-refractivity contribution in [3.63, 3.8) is 0 Å². The summed E-state index contributed by atoms with van der Waals surface area (Å²) >= 11 is 3.68. The van der Waals surface area contributed by atoms with E-state index >= 15 is 0 Å². The fourth-order valence-electron chi connectivity index (χ4n) is 3.70. The first-order valence-corrected chi connectivity index (χ1v) is 12.1. The molecule has 1 atom stereocenters. The van der Waals surface area contributed by atoms with Gasteiger partial charge in [-0.1, -0.05) is 24.3 Å². The summed E-state index contributed by atoms with van der Waals surface area (Å²) in [6.45, 7) is 8.24. The zero-order valence-electron chi connectivity index (χ0n) is 17.9. The number of amides is 1. The third-order valence-electron chi connectivity index (χ3n) is 5.12. The average Bonchev–Trinajstić information content (AvgIpc) is 3.09. The van der Waals surface area contributed by atoms with Crippen LogP contribution in [0.5, 0.6) is 0 Å². The molecule has 0 spiro atoms. The molecule has 1 fully saturated rings. The lowest BCUT2D eigenvalue weighted by atomic mass is 10.1. The van der Waals surface area contributed by atoms with E-state index in [1.54, 1.807) is 8.87 Å². The zero-order valence-corrected chi connectivity index (χ0v) is 20.3. The van der Waals surface area contributed by atoms with Crippen molar-refractivity contribution in [3.8, 4) is 0 Å². The SMILES string of the molecule is CC(C)(C)OC(=O)N1CCN(c2cccc3c2c(Br)cn3S(=O)c2ccccc2)CC1. The second kappa shape index (κ2) is 8.67. The van der Waals surface area contributed by atoms with E-state index in [9.17, 15) is 9.00 Å². The predicted octanol–water partition coefficient (Wildman–Crippen LogP) is 5.03. The van der Waals surface area contributed by atoms with Crippen LogP contribution in [0.2, 0.25) is 0 Å². The molecule has 6 nitrogen and oxygen atoms in total. The number of carbonyl (C=O) groups is 1. The van der Waals surface area contributed by atoms with Gasteiger partial charge in [0.2, 0.25) is 0 Å². The van der Waals surface area contributed by atoms with Gasteiger partial charge in [-0.3, -0.25) is 3.97 Å². The lowest BCUT2D eigenvalue weighted by Crippen LogP contribution is -2.50. The topological polar surface area (TPSA) is 54.8 Å². The maximum atomic E-state index is 13.2. The van der Waals surface area contributed by atoms with Crippen molar-refractivity contribution in [2.24, 2.45) is 0 Å². The van der Waals surface area contributed by atoms with Crippen molar-refractivity contribution in [2.45, 2.75) is 31.3 Å². The van der Waals surface area contributed by atoms with Gasteiger partial charge < -0.3 is 14.5 Å². The van der Waals surface area contributed by atoms with Crippen LogP contribution in [0.25, 0.3) is 10.9 Å². The van der Waals surface area contributed by atoms with E-state index in [-0.39, 0.29) is 6.09 Å². The number of hydrogen-bond donors (Lipinski definition) is 0. The number of benzene rings is 2. The summed E-state index contributed by atoms with van der Waals surface area (Å²) in [7, 11) is -1.34. The molecule has 0 aliphatic carbocycles. The summed E-state index contributed by atoms with van der Waals surface area (Å²) in [4.78, 5) is 17.2.